The van der Waals surface area contributed by atoms with Crippen LogP contribution in [-0.4, -0.2) is 6.10 Å². The van der Waals surface area contributed by atoms with Crippen molar-refractivity contribution in [1.82, 2.24) is 0 Å². The highest BCUT2D eigenvalue weighted by atomic mass is 31.2. The van der Waals surface area contributed by atoms with E-state index >= 15 is 0 Å². The Kier molecular flexibility index (Phi) is 6.05. The summed E-state index contributed by atoms with van der Waals surface area (Å²) in [6, 6.07) is 17.7. The molecular weight excluding hydrogens is 339 g/mol. The van der Waals surface area contributed by atoms with Crippen LogP contribution in [0.25, 0.3) is 0 Å². The second kappa shape index (κ2) is 8.11. The minimum atomic E-state index is -3.12. The van der Waals surface area contributed by atoms with Gasteiger partial charge in [0, 0.05) is 10.6 Å². The molecule has 26 heavy (non-hydrogen) atoms. The second-order valence-corrected chi connectivity index (χ2v) is 10.5. The van der Waals surface area contributed by atoms with E-state index < -0.39 is 7.37 Å². The van der Waals surface area contributed by atoms with Gasteiger partial charge in [-0.1, -0.05) is 63.1 Å². The molecule has 0 spiro atoms. The molecule has 0 aromatic heterocycles. The molecule has 4 atom stereocenters. The predicted molar refractivity (Wildman–Crippen MR) is 111 cm³/mol. The fourth-order valence-corrected chi connectivity index (χ4v) is 6.33. The van der Waals surface area contributed by atoms with Crippen LogP contribution in [0.3, 0.4) is 0 Å². The minimum Gasteiger partial charge on any atom is -0.318 e. The van der Waals surface area contributed by atoms with E-state index in [1.807, 2.05) is 54.6 Å². The van der Waals surface area contributed by atoms with Gasteiger partial charge in [0.25, 0.3) is 7.37 Å². The zero-order valence-electron chi connectivity index (χ0n) is 16.4. The number of hydrogen-bond acceptors (Lipinski definition) is 2. The smallest absolute Gasteiger partial charge is 0.261 e. The van der Waals surface area contributed by atoms with E-state index in [2.05, 4.69) is 27.7 Å². The summed E-state index contributed by atoms with van der Waals surface area (Å²) in [5.41, 5.74) is 1.17. The molecule has 2 nitrogen and oxygen atoms in total. The van der Waals surface area contributed by atoms with E-state index in [4.69, 9.17) is 4.52 Å². The maximum absolute atomic E-state index is 14.2. The summed E-state index contributed by atoms with van der Waals surface area (Å²) in [5.74, 6) is 1.63. The summed E-state index contributed by atoms with van der Waals surface area (Å²) in [7, 11) is -3.12. The van der Waals surface area contributed by atoms with Crippen molar-refractivity contribution in [3.05, 3.63) is 60.2 Å². The highest BCUT2D eigenvalue weighted by molar-refractivity contribution is 7.74. The number of hydrogen-bond donors (Lipinski definition) is 0. The molecule has 0 N–H and O–H groups in total. The molecule has 1 aliphatic carbocycles. The van der Waals surface area contributed by atoms with Gasteiger partial charge in [0.15, 0.2) is 0 Å². The molecule has 0 bridgehead atoms. The summed E-state index contributed by atoms with van der Waals surface area (Å²) in [6.45, 7) is 8.86. The Labute approximate surface area is 158 Å². The maximum Gasteiger partial charge on any atom is 0.261 e. The van der Waals surface area contributed by atoms with Gasteiger partial charge in [-0.25, -0.2) is 0 Å². The molecule has 1 saturated carbocycles. The molecule has 3 heteroatoms. The van der Waals surface area contributed by atoms with Crippen LogP contribution >= 0.6 is 7.37 Å². The topological polar surface area (TPSA) is 26.3 Å². The summed E-state index contributed by atoms with van der Waals surface area (Å²) in [5, 5.41) is 1.60. The number of benzene rings is 2. The lowest BCUT2D eigenvalue weighted by Crippen LogP contribution is -2.36. The second-order valence-electron chi connectivity index (χ2n) is 8.19. The maximum atomic E-state index is 14.2. The number of aryl methyl sites for hydroxylation is 1. The monoisotopic (exact) mass is 370 g/mol. The Balaban J connectivity index is 2.01. The predicted octanol–water partition coefficient (Wildman–Crippen LogP) is 5.70. The molecule has 3 rings (SSSR count). The van der Waals surface area contributed by atoms with E-state index in [0.29, 0.717) is 17.8 Å². The van der Waals surface area contributed by atoms with Crippen molar-refractivity contribution >= 4 is 18.0 Å². The van der Waals surface area contributed by atoms with Gasteiger partial charge < -0.3 is 4.52 Å². The standard InChI is InChI=1S/C23H31O2P/c1-17(2)22-15-12-19(4)16-23(22)25-26(24,20-8-6-5-7-9-20)21-13-10-18(3)11-14-21/h5-11,13-14,17,19,22-23H,12,15-16H2,1-4H3/t19-,22+,23-,26-/m1/s1. The van der Waals surface area contributed by atoms with E-state index in [1.165, 1.54) is 12.0 Å². The van der Waals surface area contributed by atoms with Crippen LogP contribution in [0.1, 0.15) is 45.6 Å². The molecule has 0 saturated heterocycles. The summed E-state index contributed by atoms with van der Waals surface area (Å²) in [6.07, 6.45) is 3.44. The average molecular weight is 370 g/mol. The van der Waals surface area contributed by atoms with Crippen LogP contribution in [0.2, 0.25) is 0 Å². The van der Waals surface area contributed by atoms with Gasteiger partial charge in [0.1, 0.15) is 0 Å². The molecule has 140 valence electrons. The van der Waals surface area contributed by atoms with Crippen LogP contribution < -0.4 is 10.6 Å². The summed E-state index contributed by atoms with van der Waals surface area (Å²) >= 11 is 0. The third-order valence-electron chi connectivity index (χ3n) is 5.72. The summed E-state index contributed by atoms with van der Waals surface area (Å²) < 4.78 is 20.8. The van der Waals surface area contributed by atoms with Gasteiger partial charge in [-0.3, -0.25) is 4.57 Å². The molecule has 1 fully saturated rings. The lowest BCUT2D eigenvalue weighted by molar-refractivity contribution is 0.0514. The Hall–Kier alpha value is -1.37. The Morgan fingerprint density at radius 3 is 2.19 bits per heavy atom. The van der Waals surface area contributed by atoms with Gasteiger partial charge in [-0.2, -0.15) is 0 Å². The highest BCUT2D eigenvalue weighted by Crippen LogP contribution is 2.50. The largest absolute Gasteiger partial charge is 0.318 e. The van der Waals surface area contributed by atoms with Crippen molar-refractivity contribution in [2.24, 2.45) is 17.8 Å². The van der Waals surface area contributed by atoms with Crippen LogP contribution in [0.15, 0.2) is 54.6 Å². The molecule has 0 aliphatic heterocycles. The molecule has 0 unspecified atom stereocenters. The van der Waals surface area contributed by atoms with Crippen LogP contribution in [0.4, 0.5) is 0 Å². The third kappa shape index (κ3) is 4.13. The van der Waals surface area contributed by atoms with Crippen molar-refractivity contribution in [3.63, 3.8) is 0 Å². The molecule has 1 aliphatic rings. The average Bonchev–Trinajstić information content (AvgIpc) is 2.62. The van der Waals surface area contributed by atoms with Gasteiger partial charge >= 0.3 is 0 Å². The molecule has 0 radical (unpaired) electrons. The first-order valence-electron chi connectivity index (χ1n) is 9.81. The van der Waals surface area contributed by atoms with Crippen molar-refractivity contribution in [2.45, 2.75) is 53.1 Å². The van der Waals surface area contributed by atoms with Crippen LogP contribution in [0, 0.1) is 24.7 Å². The minimum absolute atomic E-state index is 0.0473. The van der Waals surface area contributed by atoms with Crippen LogP contribution in [0.5, 0.6) is 0 Å². The van der Waals surface area contributed by atoms with Gasteiger partial charge in [0.2, 0.25) is 0 Å². The van der Waals surface area contributed by atoms with Gasteiger partial charge in [-0.05, 0) is 61.8 Å². The van der Waals surface area contributed by atoms with Crippen molar-refractivity contribution < 1.29 is 9.09 Å². The first-order chi connectivity index (χ1) is 12.4. The van der Waals surface area contributed by atoms with Crippen molar-refractivity contribution in [2.75, 3.05) is 0 Å². The van der Waals surface area contributed by atoms with E-state index in [0.717, 1.165) is 23.5 Å². The quantitative estimate of drug-likeness (QED) is 0.631. The first kappa shape index (κ1) is 19.4. The highest BCUT2D eigenvalue weighted by Gasteiger charge is 2.38. The fourth-order valence-electron chi connectivity index (χ4n) is 4.06. The van der Waals surface area contributed by atoms with Gasteiger partial charge in [-0.15, -0.1) is 0 Å². The van der Waals surface area contributed by atoms with Crippen LogP contribution in [-0.2, 0) is 9.09 Å². The molecule has 0 amide bonds. The van der Waals surface area contributed by atoms with E-state index in [-0.39, 0.29) is 6.10 Å². The number of rotatable bonds is 5. The van der Waals surface area contributed by atoms with E-state index in [9.17, 15) is 4.57 Å². The first-order valence-corrected chi connectivity index (χ1v) is 11.4. The normalized spacial score (nSPS) is 25.8. The Morgan fingerprint density at radius 2 is 1.58 bits per heavy atom. The molecule has 2 aromatic rings. The fraction of sp³-hybridized carbons (Fsp3) is 0.478. The Morgan fingerprint density at radius 1 is 0.962 bits per heavy atom. The van der Waals surface area contributed by atoms with E-state index in [1.54, 1.807) is 0 Å². The molecule has 0 heterocycles. The lowest BCUT2D eigenvalue weighted by Gasteiger charge is -2.39. The Bertz CT molecular complexity index is 752. The van der Waals surface area contributed by atoms with Gasteiger partial charge in [0.05, 0.1) is 6.10 Å². The SMILES string of the molecule is Cc1ccc([P@](=O)(O[C@@H]2C[C@H](C)CC[C@H]2C(C)C)c2ccccc2)cc1. The van der Waals surface area contributed by atoms with Crippen molar-refractivity contribution in [1.29, 1.82) is 0 Å². The lowest BCUT2D eigenvalue weighted by atomic mass is 9.75. The third-order valence-corrected chi connectivity index (χ3v) is 8.24. The zero-order valence-corrected chi connectivity index (χ0v) is 17.3. The molecule has 2 aromatic carbocycles. The summed E-state index contributed by atoms with van der Waals surface area (Å²) in [4.78, 5) is 0. The van der Waals surface area contributed by atoms with Crippen molar-refractivity contribution in [3.8, 4) is 0 Å². The zero-order chi connectivity index (χ0) is 18.7. The molecular formula is C23H31O2P.